The van der Waals surface area contributed by atoms with Gasteiger partial charge in [-0.05, 0) is 150 Å². The molecule has 99 heavy (non-hydrogen) atoms. The first-order valence-electron chi connectivity index (χ1n) is 34.0. The highest BCUT2D eigenvalue weighted by Gasteiger charge is 2.33. The number of amides is 1. The van der Waals surface area contributed by atoms with Gasteiger partial charge in [0.1, 0.15) is 46.0 Å². The Kier molecular flexibility index (Phi) is 23.9. The number of carboxylic acids is 1. The van der Waals surface area contributed by atoms with Crippen LogP contribution >= 0.6 is 0 Å². The van der Waals surface area contributed by atoms with Gasteiger partial charge in [-0.1, -0.05) is 80.6 Å². The number of piperidine rings is 2. The fraction of sp³-hybridized carbons (Fsp3) is 0.474. The van der Waals surface area contributed by atoms with Crippen LogP contribution in [0.3, 0.4) is 0 Å². The van der Waals surface area contributed by atoms with Crippen molar-refractivity contribution in [2.75, 3.05) is 66.8 Å². The fourth-order valence-electron chi connectivity index (χ4n) is 13.2. The van der Waals surface area contributed by atoms with E-state index in [1.54, 1.807) is 26.4 Å². The third-order valence-corrected chi connectivity index (χ3v) is 18.7. The topological polar surface area (TPSA) is 291 Å². The SMILES string of the molecule is C.C.CC.COc1cc2c(cc1-c1c(C)noc1C)[nH]c1nc(C)nc(-c3cc(C(=O)NC4CCN(C5COC5)CC4)cc(C(C)(C)C)c3)c12.COc1cc2c(cc1-c1c(C)noc1C)[nH]c1nc(C)nc(-c3cc(C(=O)O)cc(C(C)(C)C)c3)c12.NC1CCN(C2COC2)CC1.[3H][B]O. The second-order valence-electron chi connectivity index (χ2n) is 27.5. The van der Waals surface area contributed by atoms with E-state index in [2.05, 4.69) is 94.1 Å². The third-order valence-electron chi connectivity index (χ3n) is 18.7. The number of aromatic amines is 2. The second kappa shape index (κ2) is 31.7. The number of ether oxygens (including phenoxy) is 4. The zero-order chi connectivity index (χ0) is 70.7. The molecule has 4 aliphatic heterocycles. The van der Waals surface area contributed by atoms with E-state index >= 15 is 0 Å². The number of methoxy groups -OCH3 is 2. The monoisotopic (exact) mass is 1360 g/mol. The Morgan fingerprint density at radius 2 is 1.01 bits per heavy atom. The molecule has 4 fully saturated rings. The number of likely N-dealkylation sites (tertiary alicyclic amines) is 2. The Balaban J connectivity index is 0.000000208. The van der Waals surface area contributed by atoms with E-state index in [-0.39, 0.29) is 51.2 Å². The summed E-state index contributed by atoms with van der Waals surface area (Å²) in [6.45, 7) is 35.8. The quantitative estimate of drug-likeness (QED) is 0.0656. The number of aromatic carboxylic acids is 1. The van der Waals surface area contributed by atoms with Crippen molar-refractivity contribution in [1.29, 1.82) is 1.34 Å². The first-order chi connectivity index (χ1) is 46.7. The number of nitrogens with zero attached hydrogens (tertiary/aromatic N) is 8. The Labute approximate surface area is 584 Å². The molecule has 4 aromatic carbocycles. The highest BCUT2D eigenvalue weighted by Crippen LogP contribution is 2.45. The van der Waals surface area contributed by atoms with Crippen molar-refractivity contribution in [2.45, 2.75) is 172 Å². The van der Waals surface area contributed by atoms with Crippen LogP contribution in [0, 0.1) is 41.5 Å². The Morgan fingerprint density at radius 1 is 0.616 bits per heavy atom. The Hall–Kier alpha value is -8.58. The first kappa shape index (κ1) is 74.6. The molecule has 10 aromatic rings. The average molecular weight is 1360 g/mol. The molecule has 6 aromatic heterocycles. The number of benzene rings is 4. The molecule has 1 amide bonds. The Morgan fingerprint density at radius 3 is 1.36 bits per heavy atom. The summed E-state index contributed by atoms with van der Waals surface area (Å²) >= 11 is 0. The third kappa shape index (κ3) is 16.2. The molecule has 22 nitrogen and oxygen atoms in total. The molecule has 0 spiro atoms. The predicted octanol–water partition coefficient (Wildman–Crippen LogP) is 13.5. The molecule has 4 saturated heterocycles. The molecular formula is C76H102BN12O10. The lowest BCUT2D eigenvalue weighted by Crippen LogP contribution is -2.54. The lowest BCUT2D eigenvalue weighted by atomic mass is 9.84. The van der Waals surface area contributed by atoms with Crippen molar-refractivity contribution in [1.82, 2.24) is 55.3 Å². The summed E-state index contributed by atoms with van der Waals surface area (Å²) in [7, 11) is 3.55. The van der Waals surface area contributed by atoms with E-state index in [0.29, 0.717) is 63.9 Å². The van der Waals surface area contributed by atoms with Crippen molar-refractivity contribution in [3.8, 4) is 56.3 Å². The van der Waals surface area contributed by atoms with Crippen molar-refractivity contribution in [3.05, 3.63) is 117 Å². The lowest BCUT2D eigenvalue weighted by Gasteiger charge is -2.41. The number of fused-ring (bicyclic) bond motifs is 6. The summed E-state index contributed by atoms with van der Waals surface area (Å²) in [6.07, 6.45) is 4.20. The number of nitrogens with one attached hydrogen (secondary N) is 3. The molecule has 0 atom stereocenters. The van der Waals surface area contributed by atoms with Gasteiger partial charge in [-0.15, -0.1) is 0 Å². The Bertz CT molecular complexity index is 4470. The summed E-state index contributed by atoms with van der Waals surface area (Å²) in [5.41, 5.74) is 19.5. The number of aryl methyl sites for hydroxylation is 6. The van der Waals surface area contributed by atoms with Crippen LogP contribution in [-0.2, 0) is 20.3 Å². The van der Waals surface area contributed by atoms with Gasteiger partial charge in [0.2, 0.25) is 0 Å². The normalized spacial score (nSPS) is 15.7. The molecule has 23 heteroatoms. The molecule has 14 rings (SSSR count). The maximum atomic E-state index is 13.8. The lowest BCUT2D eigenvalue weighted by molar-refractivity contribution is -0.0716. The highest BCUT2D eigenvalue weighted by molar-refractivity contribution is 6.15. The van der Waals surface area contributed by atoms with Crippen molar-refractivity contribution in [3.63, 3.8) is 0 Å². The maximum Gasteiger partial charge on any atom is 0.335 e. The molecule has 0 saturated carbocycles. The number of carbonyl (C=O) groups is 2. The van der Waals surface area contributed by atoms with Crippen LogP contribution in [0.4, 0.5) is 0 Å². The van der Waals surface area contributed by atoms with E-state index in [0.717, 1.165) is 171 Å². The fourth-order valence-corrected chi connectivity index (χ4v) is 13.2. The van der Waals surface area contributed by atoms with Gasteiger partial charge in [-0.3, -0.25) is 14.6 Å². The standard InChI is InChI=1S/C36H42N6O4.C28H28N4O4.C8H16N2O.C2H6.2CH4.BH2O/c1-19-31(20(2)46-41-19)28-15-29-27(16-30(28)44-7)32-33(37-21(3)38-34(32)40-29)22-12-23(14-24(13-22)36(4,5)6)35(43)39-25-8-10-42(11-9-25)26-17-45-18-26;1-13-23(14(2)36-32-13)20-11-21-19(12-22(20)35-7)24-25(29-15(3)30-26(24)31-21)16-8-17(27(33)34)10-18(9-16)28(4,5)6;9-7-1-3-10(4-2-7)8-5-11-6-8;1-2;;;1-2/h12-16,25-26H,8-11,17-18H2,1-7H3,(H,39,43)(H,37,38,40);8-12H,1-7H3,(H,33,34)(H,29,30,31);7-8H,1-6,9H2;1-2H3;2*1H4;1-2H/i;;;;;;1T. The summed E-state index contributed by atoms with van der Waals surface area (Å²) in [5, 5.41) is 32.0. The number of H-pyrrole nitrogens is 2. The van der Waals surface area contributed by atoms with E-state index in [9.17, 15) is 14.7 Å². The number of hydrogen-bond donors (Lipinski definition) is 6. The van der Waals surface area contributed by atoms with Gasteiger partial charge in [0.05, 0.1) is 103 Å². The van der Waals surface area contributed by atoms with Crippen LogP contribution in [0.25, 0.3) is 88.6 Å². The van der Waals surface area contributed by atoms with Crippen molar-refractivity contribution >= 4 is 63.8 Å². The number of nitrogens with two attached hydrogens (primary N) is 1. The molecule has 529 valence electrons. The molecule has 1 radical (unpaired) electrons. The van der Waals surface area contributed by atoms with Gasteiger partial charge < -0.3 is 59.1 Å². The van der Waals surface area contributed by atoms with Crippen LogP contribution < -0.4 is 20.5 Å². The van der Waals surface area contributed by atoms with Crippen LogP contribution in [0.2, 0.25) is 0 Å². The van der Waals surface area contributed by atoms with E-state index in [4.69, 9.17) is 55.0 Å². The molecule has 0 aliphatic carbocycles. The van der Waals surface area contributed by atoms with E-state index in [1.807, 2.05) is 91.8 Å². The van der Waals surface area contributed by atoms with Gasteiger partial charge in [0.25, 0.3) is 13.9 Å². The molecule has 0 unspecified atom stereocenters. The first-order valence-corrected chi connectivity index (χ1v) is 33.5. The minimum absolute atomic E-state index is 0. The van der Waals surface area contributed by atoms with Gasteiger partial charge in [0, 0.05) is 89.2 Å². The van der Waals surface area contributed by atoms with Crippen molar-refractivity contribution < 1.29 is 47.7 Å². The van der Waals surface area contributed by atoms with Gasteiger partial charge >= 0.3 is 5.97 Å². The molecule has 7 N–H and O–H groups in total. The molecule has 10 heterocycles. The number of carboxylic acid groups (broad SMARTS) is 1. The zero-order valence-corrected chi connectivity index (χ0v) is 59.0. The largest absolute Gasteiger partial charge is 0.496 e. The number of carbonyl (C=O) groups excluding carboxylic acids is 1. The molecular weight excluding hydrogens is 1250 g/mol. The van der Waals surface area contributed by atoms with Crippen LogP contribution in [0.1, 0.15) is 162 Å². The zero-order valence-electron chi connectivity index (χ0n) is 60.0. The van der Waals surface area contributed by atoms with Gasteiger partial charge in [0.15, 0.2) is 0 Å². The van der Waals surface area contributed by atoms with E-state index < -0.39 is 5.97 Å². The average Bonchev–Trinajstić information content (AvgIpc) is 1.60. The highest BCUT2D eigenvalue weighted by atomic mass is 16.5. The van der Waals surface area contributed by atoms with Crippen LogP contribution in [0.5, 0.6) is 11.5 Å². The summed E-state index contributed by atoms with van der Waals surface area (Å²) < 4.78 is 38.7. The molecule has 4 aliphatic rings. The smallest absolute Gasteiger partial charge is 0.335 e. The number of aromatic nitrogens is 8. The predicted molar refractivity (Wildman–Crippen MR) is 395 cm³/mol. The van der Waals surface area contributed by atoms with Gasteiger partial charge in [-0.2, -0.15) is 0 Å². The summed E-state index contributed by atoms with van der Waals surface area (Å²) in [4.78, 5) is 57.0. The van der Waals surface area contributed by atoms with Gasteiger partial charge in [-0.25, -0.2) is 24.7 Å². The summed E-state index contributed by atoms with van der Waals surface area (Å²) in [5.74, 6) is 3.00. The number of rotatable bonds is 11. The summed E-state index contributed by atoms with van der Waals surface area (Å²) in [6, 6.07) is 21.5. The van der Waals surface area contributed by atoms with Crippen LogP contribution in [0.15, 0.2) is 69.7 Å². The minimum Gasteiger partial charge on any atom is -0.496 e. The van der Waals surface area contributed by atoms with Crippen molar-refractivity contribution in [2.24, 2.45) is 5.73 Å². The molecule has 0 bridgehead atoms. The number of hydrogen-bond acceptors (Lipinski definition) is 18. The second-order valence-corrected chi connectivity index (χ2v) is 27.5. The minimum atomic E-state index is -0.978. The van der Waals surface area contributed by atoms with E-state index in [1.165, 1.54) is 13.1 Å². The maximum absolute atomic E-state index is 13.8. The van der Waals surface area contributed by atoms with Crippen LogP contribution in [-0.4, -0.2) is 172 Å².